The molecule has 2 aromatic rings. The van der Waals surface area contributed by atoms with E-state index in [0.717, 1.165) is 5.56 Å². The highest BCUT2D eigenvalue weighted by molar-refractivity contribution is 7.12. The van der Waals surface area contributed by atoms with E-state index in [-0.39, 0.29) is 25.0 Å². The monoisotopic (exact) mass is 390 g/mol. The Kier molecular flexibility index (Phi) is 8.47. The third-order valence-corrected chi connectivity index (χ3v) is 4.50. The number of hydrogen-bond acceptors (Lipinski definition) is 6. The topological polar surface area (TPSA) is 84.9 Å². The van der Waals surface area contributed by atoms with Gasteiger partial charge in [0.15, 0.2) is 6.61 Å². The molecule has 2 rings (SSSR count). The van der Waals surface area contributed by atoms with Crippen LogP contribution >= 0.6 is 11.3 Å². The van der Waals surface area contributed by atoms with Crippen molar-refractivity contribution < 1.29 is 23.9 Å². The van der Waals surface area contributed by atoms with Gasteiger partial charge in [0.05, 0.1) is 11.5 Å². The Balaban J connectivity index is 1.79. The van der Waals surface area contributed by atoms with E-state index in [1.165, 1.54) is 11.3 Å². The van der Waals surface area contributed by atoms with E-state index in [4.69, 9.17) is 9.47 Å². The van der Waals surface area contributed by atoms with Gasteiger partial charge in [-0.1, -0.05) is 36.4 Å². The first-order valence-electron chi connectivity index (χ1n) is 8.38. The van der Waals surface area contributed by atoms with Gasteiger partial charge in [-0.3, -0.25) is 14.4 Å². The van der Waals surface area contributed by atoms with Crippen LogP contribution in [0.1, 0.15) is 15.2 Å². The molecule has 0 unspecified atom stereocenters. The fourth-order valence-corrected chi connectivity index (χ4v) is 2.87. The van der Waals surface area contributed by atoms with Gasteiger partial charge in [0, 0.05) is 20.2 Å². The molecule has 0 saturated carbocycles. The summed E-state index contributed by atoms with van der Waals surface area (Å²) in [5, 5.41) is 4.24. The van der Waals surface area contributed by atoms with Crippen LogP contribution in [0.5, 0.6) is 0 Å². The maximum atomic E-state index is 12.4. The average Bonchev–Trinajstić information content (AvgIpc) is 3.23. The van der Waals surface area contributed by atoms with E-state index in [1.807, 2.05) is 30.3 Å². The molecule has 0 atom stereocenters. The van der Waals surface area contributed by atoms with Crippen LogP contribution in [0.3, 0.4) is 0 Å². The second-order valence-electron chi connectivity index (χ2n) is 5.61. The molecule has 0 aliphatic carbocycles. The highest BCUT2D eigenvalue weighted by atomic mass is 32.1. The Labute approximate surface area is 161 Å². The molecular formula is C19H22N2O5S. The minimum atomic E-state index is -0.667. The van der Waals surface area contributed by atoms with E-state index in [1.54, 1.807) is 29.5 Å². The number of nitrogens with zero attached hydrogens (tertiary/aromatic N) is 1. The van der Waals surface area contributed by atoms with Crippen molar-refractivity contribution in [1.82, 2.24) is 10.2 Å². The zero-order valence-electron chi connectivity index (χ0n) is 15.1. The summed E-state index contributed by atoms with van der Waals surface area (Å²) in [5.41, 5.74) is 0.969. The lowest BCUT2D eigenvalue weighted by Crippen LogP contribution is -2.38. The number of thiophene rings is 1. The highest BCUT2D eigenvalue weighted by Gasteiger charge is 2.17. The fourth-order valence-electron chi connectivity index (χ4n) is 2.23. The number of carbonyl (C=O) groups excluding carboxylic acids is 3. The molecule has 1 aromatic carbocycles. The number of amides is 2. The van der Waals surface area contributed by atoms with Crippen LogP contribution in [0.2, 0.25) is 0 Å². The lowest BCUT2D eigenvalue weighted by atomic mass is 10.2. The molecule has 0 bridgehead atoms. The molecule has 0 saturated heterocycles. The maximum Gasteiger partial charge on any atom is 0.325 e. The molecule has 1 aromatic heterocycles. The Hall–Kier alpha value is -2.71. The highest BCUT2D eigenvalue weighted by Crippen LogP contribution is 2.07. The van der Waals surface area contributed by atoms with Gasteiger partial charge in [-0.25, -0.2) is 0 Å². The van der Waals surface area contributed by atoms with Gasteiger partial charge in [-0.15, -0.1) is 11.3 Å². The van der Waals surface area contributed by atoms with E-state index in [9.17, 15) is 14.4 Å². The van der Waals surface area contributed by atoms with E-state index in [2.05, 4.69) is 5.32 Å². The van der Waals surface area contributed by atoms with Crippen LogP contribution < -0.4 is 5.32 Å². The first-order valence-corrected chi connectivity index (χ1v) is 9.26. The van der Waals surface area contributed by atoms with Crippen molar-refractivity contribution in [3.63, 3.8) is 0 Å². The van der Waals surface area contributed by atoms with Gasteiger partial charge in [0.1, 0.15) is 6.54 Å². The molecule has 8 heteroatoms. The quantitative estimate of drug-likeness (QED) is 0.624. The fraction of sp³-hybridized carbons (Fsp3) is 0.316. The summed E-state index contributed by atoms with van der Waals surface area (Å²) in [6.45, 7) is 0.487. The summed E-state index contributed by atoms with van der Waals surface area (Å²) in [6.07, 6.45) is 0. The number of nitrogens with one attached hydrogen (secondary N) is 1. The van der Waals surface area contributed by atoms with Crippen LogP contribution in [0.15, 0.2) is 47.8 Å². The number of ether oxygens (including phenoxy) is 2. The molecule has 0 aliphatic rings. The lowest BCUT2D eigenvalue weighted by Gasteiger charge is -2.22. The Bertz CT molecular complexity index is 734. The summed E-state index contributed by atoms with van der Waals surface area (Å²) < 4.78 is 10.0. The third-order valence-electron chi connectivity index (χ3n) is 3.63. The number of hydrogen-bond donors (Lipinski definition) is 1. The SMILES string of the molecule is COCCN(Cc1ccccc1)C(=O)COC(=O)CNC(=O)c1cccs1. The molecule has 0 fully saturated rings. The predicted molar refractivity (Wildman–Crippen MR) is 101 cm³/mol. The maximum absolute atomic E-state index is 12.4. The van der Waals surface area contributed by atoms with Crippen molar-refractivity contribution in [3.8, 4) is 0 Å². The normalized spacial score (nSPS) is 10.3. The second-order valence-corrected chi connectivity index (χ2v) is 6.56. The summed E-state index contributed by atoms with van der Waals surface area (Å²) in [6, 6.07) is 12.9. The van der Waals surface area contributed by atoms with Crippen LogP contribution in [-0.2, 0) is 25.6 Å². The van der Waals surface area contributed by atoms with Gasteiger partial charge >= 0.3 is 5.97 Å². The first-order chi connectivity index (χ1) is 13.1. The Morgan fingerprint density at radius 2 is 1.89 bits per heavy atom. The van der Waals surface area contributed by atoms with Crippen molar-refractivity contribution in [2.45, 2.75) is 6.54 Å². The Morgan fingerprint density at radius 3 is 2.56 bits per heavy atom. The lowest BCUT2D eigenvalue weighted by molar-refractivity contribution is -0.151. The number of methoxy groups -OCH3 is 1. The molecule has 1 N–H and O–H groups in total. The average molecular weight is 390 g/mol. The molecule has 0 aliphatic heterocycles. The standard InChI is InChI=1S/C19H22N2O5S/c1-25-10-9-21(13-15-6-3-2-4-7-15)17(22)14-26-18(23)12-20-19(24)16-8-5-11-27-16/h2-8,11H,9-10,12-14H2,1H3,(H,20,24). The van der Waals surface area contributed by atoms with Crippen LogP contribution in [-0.4, -0.2) is 56.1 Å². The van der Waals surface area contributed by atoms with Crippen molar-refractivity contribution in [1.29, 1.82) is 0 Å². The second kappa shape index (κ2) is 11.1. The molecule has 7 nitrogen and oxygen atoms in total. The third kappa shape index (κ3) is 7.20. The minimum Gasteiger partial charge on any atom is -0.454 e. The summed E-state index contributed by atoms with van der Waals surface area (Å²) >= 11 is 1.28. The van der Waals surface area contributed by atoms with E-state index < -0.39 is 5.97 Å². The van der Waals surface area contributed by atoms with Crippen molar-refractivity contribution in [2.24, 2.45) is 0 Å². The van der Waals surface area contributed by atoms with Gasteiger partial charge < -0.3 is 19.7 Å². The Morgan fingerprint density at radius 1 is 1.11 bits per heavy atom. The van der Waals surface area contributed by atoms with Crippen molar-refractivity contribution in [2.75, 3.05) is 33.4 Å². The van der Waals surface area contributed by atoms with Crippen LogP contribution in [0, 0.1) is 0 Å². The zero-order chi connectivity index (χ0) is 19.5. The molecule has 0 radical (unpaired) electrons. The predicted octanol–water partition coefficient (Wildman–Crippen LogP) is 1.70. The molecule has 2 amide bonds. The molecule has 27 heavy (non-hydrogen) atoms. The van der Waals surface area contributed by atoms with Crippen molar-refractivity contribution >= 4 is 29.1 Å². The van der Waals surface area contributed by atoms with E-state index in [0.29, 0.717) is 24.6 Å². The summed E-state index contributed by atoms with van der Waals surface area (Å²) in [4.78, 5) is 38.0. The molecule has 0 spiro atoms. The minimum absolute atomic E-state index is 0.291. The van der Waals surface area contributed by atoms with Gasteiger partial charge in [-0.05, 0) is 17.0 Å². The summed E-state index contributed by atoms with van der Waals surface area (Å²) in [7, 11) is 1.56. The number of rotatable bonds is 10. The van der Waals surface area contributed by atoms with Gasteiger partial charge in [-0.2, -0.15) is 0 Å². The number of esters is 1. The van der Waals surface area contributed by atoms with E-state index >= 15 is 0 Å². The number of carbonyl (C=O) groups is 3. The summed E-state index contributed by atoms with van der Waals surface area (Å²) in [5.74, 6) is -1.34. The number of benzene rings is 1. The van der Waals surface area contributed by atoms with Gasteiger partial charge in [0.25, 0.3) is 11.8 Å². The van der Waals surface area contributed by atoms with Gasteiger partial charge in [0.2, 0.25) is 0 Å². The molecule has 1 heterocycles. The molecular weight excluding hydrogens is 368 g/mol. The molecule has 144 valence electrons. The van der Waals surface area contributed by atoms with Crippen molar-refractivity contribution in [3.05, 3.63) is 58.3 Å². The smallest absolute Gasteiger partial charge is 0.325 e. The first kappa shape index (κ1) is 20.6. The van der Waals surface area contributed by atoms with Crippen LogP contribution in [0.4, 0.5) is 0 Å². The van der Waals surface area contributed by atoms with Crippen LogP contribution in [0.25, 0.3) is 0 Å². The largest absolute Gasteiger partial charge is 0.454 e. The zero-order valence-corrected chi connectivity index (χ0v) is 15.9.